The second-order valence-corrected chi connectivity index (χ2v) is 10.5. The number of nitriles is 1. The Balaban J connectivity index is 1.21. The fourth-order valence-electron chi connectivity index (χ4n) is 4.59. The number of rotatable bonds is 7. The van der Waals surface area contributed by atoms with Crippen LogP contribution in [-0.2, 0) is 6.54 Å². The van der Waals surface area contributed by atoms with Crippen LogP contribution in [0.3, 0.4) is 0 Å². The first-order valence-corrected chi connectivity index (χ1v) is 13.6. The van der Waals surface area contributed by atoms with Crippen LogP contribution in [-0.4, -0.2) is 25.0 Å². The lowest BCUT2D eigenvalue weighted by molar-refractivity contribution is 0.463. The second kappa shape index (κ2) is 10.6. The monoisotopic (exact) mass is 543 g/mol. The first-order valence-electron chi connectivity index (χ1n) is 12.7. The van der Waals surface area contributed by atoms with E-state index in [1.807, 2.05) is 72.6 Å². The molecule has 0 saturated heterocycles. The minimum Gasteiger partial charge on any atom is -0.437 e. The van der Waals surface area contributed by atoms with Crippen LogP contribution in [0.4, 0.5) is 11.6 Å². The van der Waals surface area contributed by atoms with Gasteiger partial charge in [-0.1, -0.05) is 47.2 Å². The summed E-state index contributed by atoms with van der Waals surface area (Å²) >= 11 is 1.53. The third-order valence-corrected chi connectivity index (χ3v) is 7.35. The Hall–Kier alpha value is -5.07. The van der Waals surface area contributed by atoms with Crippen LogP contribution in [0.25, 0.3) is 21.5 Å². The fraction of sp³-hybridized carbons (Fsp3) is 0.129. The maximum atomic E-state index is 9.28. The highest BCUT2D eigenvalue weighted by molar-refractivity contribution is 7.17. The molecule has 0 amide bonds. The number of aromatic nitrogens is 5. The molecule has 1 N–H and O–H groups in total. The normalized spacial score (nSPS) is 10.9. The van der Waals surface area contributed by atoms with Crippen molar-refractivity contribution in [3.63, 3.8) is 0 Å². The van der Waals surface area contributed by atoms with Gasteiger partial charge in [0.15, 0.2) is 0 Å². The minimum atomic E-state index is 0.432. The number of hydrogen-bond acceptors (Lipinski definition) is 8. The van der Waals surface area contributed by atoms with Gasteiger partial charge in [0, 0.05) is 11.3 Å². The van der Waals surface area contributed by atoms with Crippen LogP contribution < -0.4 is 10.1 Å². The van der Waals surface area contributed by atoms with E-state index in [1.165, 1.54) is 22.5 Å². The summed E-state index contributed by atoms with van der Waals surface area (Å²) in [4.78, 5) is 9.37. The summed E-state index contributed by atoms with van der Waals surface area (Å²) in [6.45, 7) is 6.61. The van der Waals surface area contributed by atoms with Gasteiger partial charge in [0.25, 0.3) is 0 Å². The molecular weight excluding hydrogens is 518 g/mol. The Morgan fingerprint density at radius 1 is 0.975 bits per heavy atom. The molecule has 0 aliphatic carbocycles. The Morgan fingerprint density at radius 3 is 2.52 bits per heavy atom. The summed E-state index contributed by atoms with van der Waals surface area (Å²) in [7, 11) is 0. The molecule has 3 aromatic heterocycles. The summed E-state index contributed by atoms with van der Waals surface area (Å²) in [5.74, 6) is 1.60. The molecule has 0 saturated carbocycles. The van der Waals surface area contributed by atoms with E-state index in [0.29, 0.717) is 29.7 Å². The summed E-state index contributed by atoms with van der Waals surface area (Å²) in [5.41, 5.74) is 8.16. The molecule has 3 aromatic carbocycles. The zero-order chi connectivity index (χ0) is 27.6. The number of nitrogens with one attached hydrogen (secondary N) is 1. The topological polar surface area (TPSA) is 102 Å². The van der Waals surface area contributed by atoms with E-state index in [2.05, 4.69) is 57.9 Å². The zero-order valence-corrected chi connectivity index (χ0v) is 23.0. The van der Waals surface area contributed by atoms with Crippen LogP contribution in [0.1, 0.15) is 27.8 Å². The predicted octanol–water partition coefficient (Wildman–Crippen LogP) is 7.33. The van der Waals surface area contributed by atoms with E-state index in [4.69, 9.17) is 9.72 Å². The number of anilines is 2. The van der Waals surface area contributed by atoms with Crippen molar-refractivity contribution < 1.29 is 4.74 Å². The maximum absolute atomic E-state index is 9.28. The van der Waals surface area contributed by atoms with E-state index in [0.717, 1.165) is 38.3 Å². The molecule has 0 spiro atoms. The van der Waals surface area contributed by atoms with Gasteiger partial charge in [-0.2, -0.15) is 10.2 Å². The number of nitrogens with zero attached hydrogens (tertiary/aromatic N) is 6. The quantitative estimate of drug-likeness (QED) is 0.225. The van der Waals surface area contributed by atoms with E-state index in [1.54, 1.807) is 0 Å². The number of hydrogen-bond donors (Lipinski definition) is 1. The fourth-order valence-corrected chi connectivity index (χ4v) is 5.35. The molecule has 3 heterocycles. The van der Waals surface area contributed by atoms with Crippen LogP contribution in [0.5, 0.6) is 11.6 Å². The van der Waals surface area contributed by atoms with Crippen LogP contribution >= 0.6 is 11.3 Å². The van der Waals surface area contributed by atoms with Crippen molar-refractivity contribution in [2.45, 2.75) is 27.3 Å². The molecule has 6 rings (SSSR count). The number of fused-ring (bicyclic) bond motifs is 1. The first kappa shape index (κ1) is 25.2. The van der Waals surface area contributed by atoms with Gasteiger partial charge < -0.3 is 10.1 Å². The molecule has 196 valence electrons. The summed E-state index contributed by atoms with van der Waals surface area (Å²) in [6, 6.07) is 24.1. The summed E-state index contributed by atoms with van der Waals surface area (Å²) in [6.07, 6.45) is 1.95. The lowest BCUT2D eigenvalue weighted by Crippen LogP contribution is -2.00. The Kier molecular flexibility index (Phi) is 6.68. The van der Waals surface area contributed by atoms with Gasteiger partial charge in [-0.25, -0.2) is 9.67 Å². The van der Waals surface area contributed by atoms with E-state index in [-0.39, 0.29) is 0 Å². The molecule has 0 aliphatic rings. The number of thiophene rings is 1. The lowest BCUT2D eigenvalue weighted by atomic mass is 10.1. The molecule has 40 heavy (non-hydrogen) atoms. The molecule has 0 radical (unpaired) electrons. The number of aryl methyl sites for hydroxylation is 3. The van der Waals surface area contributed by atoms with Crippen LogP contribution in [0.15, 0.2) is 78.3 Å². The van der Waals surface area contributed by atoms with Gasteiger partial charge in [-0.15, -0.1) is 16.4 Å². The highest BCUT2D eigenvalue weighted by atomic mass is 32.1. The van der Waals surface area contributed by atoms with E-state index < -0.39 is 0 Å². The molecule has 0 fully saturated rings. The van der Waals surface area contributed by atoms with Crippen molar-refractivity contribution in [1.82, 2.24) is 25.0 Å². The third kappa shape index (κ3) is 5.25. The van der Waals surface area contributed by atoms with E-state index >= 15 is 0 Å². The second-order valence-electron chi connectivity index (χ2n) is 9.63. The van der Waals surface area contributed by atoms with Crippen molar-refractivity contribution in [2.24, 2.45) is 0 Å². The number of ether oxygens (including phenoxy) is 1. The van der Waals surface area contributed by atoms with Gasteiger partial charge in [-0.05, 0) is 73.2 Å². The minimum absolute atomic E-state index is 0.432. The zero-order valence-electron chi connectivity index (χ0n) is 22.2. The Labute approximate surface area is 235 Å². The van der Waals surface area contributed by atoms with Crippen molar-refractivity contribution in [2.75, 3.05) is 5.32 Å². The van der Waals surface area contributed by atoms with Gasteiger partial charge >= 0.3 is 0 Å². The molecular formula is C31H25N7OS. The smallest absolute Gasteiger partial charge is 0.242 e. The molecule has 9 heteroatoms. The number of benzene rings is 3. The van der Waals surface area contributed by atoms with Crippen LogP contribution in [0.2, 0.25) is 0 Å². The molecule has 0 aliphatic heterocycles. The predicted molar refractivity (Wildman–Crippen MR) is 157 cm³/mol. The van der Waals surface area contributed by atoms with Gasteiger partial charge in [0.2, 0.25) is 11.8 Å². The highest BCUT2D eigenvalue weighted by Crippen LogP contribution is 2.36. The SMILES string of the molecule is Cc1cccc(Cn2cc(-c3ccc(Nc4nc(Oc5c(C)cc(C#N)cc5C)c5sccc5n4)cc3)nn2)c1. The molecule has 0 bridgehead atoms. The molecule has 6 aromatic rings. The van der Waals surface area contributed by atoms with Crippen molar-refractivity contribution >= 4 is 33.2 Å². The molecule has 8 nitrogen and oxygen atoms in total. The lowest BCUT2D eigenvalue weighted by Gasteiger charge is -2.13. The third-order valence-electron chi connectivity index (χ3n) is 6.46. The highest BCUT2D eigenvalue weighted by Gasteiger charge is 2.15. The Morgan fingerprint density at radius 2 is 1.77 bits per heavy atom. The van der Waals surface area contributed by atoms with Gasteiger partial charge in [0.1, 0.15) is 16.1 Å². The first-order chi connectivity index (χ1) is 19.4. The Bertz CT molecular complexity index is 1860. The molecule has 0 unspecified atom stereocenters. The van der Waals surface area contributed by atoms with Crippen LogP contribution in [0, 0.1) is 32.1 Å². The van der Waals surface area contributed by atoms with Gasteiger partial charge in [-0.3, -0.25) is 0 Å². The average Bonchev–Trinajstić information content (AvgIpc) is 3.61. The van der Waals surface area contributed by atoms with Crippen molar-refractivity contribution in [1.29, 1.82) is 5.26 Å². The van der Waals surface area contributed by atoms with Gasteiger partial charge in [0.05, 0.1) is 29.9 Å². The maximum Gasteiger partial charge on any atom is 0.242 e. The van der Waals surface area contributed by atoms with E-state index in [9.17, 15) is 5.26 Å². The largest absolute Gasteiger partial charge is 0.437 e. The van der Waals surface area contributed by atoms with Crippen molar-refractivity contribution in [3.8, 4) is 29.0 Å². The molecule has 0 atom stereocenters. The standard InChI is InChI=1S/C31H25N7OS/c1-19-5-4-6-22(13-19)17-38-18-27(36-37-38)24-7-9-25(10-8-24)33-31-34-26-11-12-40-29(26)30(35-31)39-28-20(2)14-23(16-32)15-21(28)3/h4-15,18H,17H2,1-3H3,(H,33,34,35). The average molecular weight is 544 g/mol. The summed E-state index contributed by atoms with van der Waals surface area (Å²) < 4.78 is 9.02. The van der Waals surface area contributed by atoms with Crippen molar-refractivity contribution in [3.05, 3.63) is 106 Å². The summed E-state index contributed by atoms with van der Waals surface area (Å²) in [5, 5.41) is 23.2.